The van der Waals surface area contributed by atoms with Crippen molar-refractivity contribution in [2.24, 2.45) is 0 Å². The average Bonchev–Trinajstić information content (AvgIpc) is 3.38. The molecule has 5 aromatic rings. The van der Waals surface area contributed by atoms with Gasteiger partial charge < -0.3 is 0 Å². The average molecular weight is 440 g/mol. The summed E-state index contributed by atoms with van der Waals surface area (Å²) in [5, 5.41) is 9.25. The maximum atomic E-state index is 13.1. The summed E-state index contributed by atoms with van der Waals surface area (Å²) in [7, 11) is 0. The molecule has 0 amide bonds. The molecule has 0 radical (unpaired) electrons. The topological polar surface area (TPSA) is 82.7 Å². The molecule has 0 bridgehead atoms. The number of halogens is 1. The van der Waals surface area contributed by atoms with Crippen molar-refractivity contribution in [3.05, 3.63) is 105 Å². The summed E-state index contributed by atoms with van der Waals surface area (Å²) in [5.41, 5.74) is 3.73. The Labute approximate surface area is 186 Å². The van der Waals surface area contributed by atoms with E-state index >= 15 is 0 Å². The zero-order valence-electron chi connectivity index (χ0n) is 16.6. The fourth-order valence-corrected chi connectivity index (χ4v) is 4.19. The van der Waals surface area contributed by atoms with E-state index < -0.39 is 0 Å². The number of carbonyl (C=O) groups is 1. The lowest BCUT2D eigenvalue weighted by molar-refractivity contribution is 0.103. The zero-order chi connectivity index (χ0) is 21.8. The second-order valence-corrected chi connectivity index (χ2v) is 8.02. The Kier molecular flexibility index (Phi) is 4.06. The molecule has 0 saturated carbocycles. The van der Waals surface area contributed by atoms with Gasteiger partial charge >= 0.3 is 0 Å². The summed E-state index contributed by atoms with van der Waals surface area (Å²) < 4.78 is 3.08. The van der Waals surface area contributed by atoms with Gasteiger partial charge in [0.2, 0.25) is 5.78 Å². The summed E-state index contributed by atoms with van der Waals surface area (Å²) in [6, 6.07) is 20.1. The van der Waals surface area contributed by atoms with Crippen molar-refractivity contribution in [3.8, 4) is 16.9 Å². The molecule has 1 aliphatic rings. The van der Waals surface area contributed by atoms with E-state index in [1.165, 1.54) is 4.57 Å². The van der Waals surface area contributed by atoms with Crippen LogP contribution in [0, 0.1) is 0 Å². The van der Waals surface area contributed by atoms with E-state index in [1.807, 2.05) is 42.6 Å². The Bertz CT molecular complexity index is 1600. The Morgan fingerprint density at radius 1 is 0.938 bits per heavy atom. The smallest absolute Gasteiger partial charge is 0.266 e. The van der Waals surface area contributed by atoms with Crippen LogP contribution in [0.15, 0.2) is 77.7 Å². The van der Waals surface area contributed by atoms with Crippen molar-refractivity contribution in [1.82, 2.24) is 24.5 Å². The summed E-state index contributed by atoms with van der Waals surface area (Å²) in [5.74, 6) is -0.163. The first kappa shape index (κ1) is 18.7. The van der Waals surface area contributed by atoms with Crippen LogP contribution in [0.2, 0.25) is 5.02 Å². The maximum Gasteiger partial charge on any atom is 0.266 e. The molecular formula is C24H14ClN5O2. The molecule has 2 aromatic heterocycles. The minimum Gasteiger partial charge on any atom is -0.285 e. The first-order valence-electron chi connectivity index (χ1n) is 9.94. The Hall–Kier alpha value is -4.10. The van der Waals surface area contributed by atoms with Gasteiger partial charge in [0.1, 0.15) is 5.69 Å². The molecular weight excluding hydrogens is 426 g/mol. The second kappa shape index (κ2) is 6.96. The number of nitrogens with zero attached hydrogens (tertiary/aromatic N) is 5. The normalized spacial score (nSPS) is 12.2. The number of benzene rings is 3. The third-order valence-corrected chi connectivity index (χ3v) is 5.77. The number of carbonyl (C=O) groups excluding carboxylic acids is 1. The molecule has 0 atom stereocenters. The number of ketones is 1. The van der Waals surface area contributed by atoms with Crippen LogP contribution in [0.1, 0.15) is 21.7 Å². The molecule has 7 nitrogen and oxygen atoms in total. The quantitative estimate of drug-likeness (QED) is 0.418. The van der Waals surface area contributed by atoms with Crippen LogP contribution in [0.25, 0.3) is 27.8 Å². The number of aromatic nitrogens is 5. The molecule has 6 rings (SSSR count). The van der Waals surface area contributed by atoms with Gasteiger partial charge in [-0.15, -0.1) is 5.10 Å². The van der Waals surface area contributed by atoms with Crippen LogP contribution < -0.4 is 5.56 Å². The Morgan fingerprint density at radius 3 is 2.62 bits per heavy atom. The predicted molar refractivity (Wildman–Crippen MR) is 120 cm³/mol. The van der Waals surface area contributed by atoms with Crippen molar-refractivity contribution in [2.45, 2.75) is 6.54 Å². The molecule has 0 fully saturated rings. The third-order valence-electron chi connectivity index (χ3n) is 5.53. The van der Waals surface area contributed by atoms with Crippen LogP contribution in [0.3, 0.4) is 0 Å². The van der Waals surface area contributed by atoms with Crippen molar-refractivity contribution >= 4 is 28.3 Å². The monoisotopic (exact) mass is 439 g/mol. The molecule has 3 aromatic carbocycles. The molecule has 1 aliphatic heterocycles. The van der Waals surface area contributed by atoms with Gasteiger partial charge in [-0.2, -0.15) is 0 Å². The van der Waals surface area contributed by atoms with Gasteiger partial charge in [-0.05, 0) is 35.9 Å². The van der Waals surface area contributed by atoms with Gasteiger partial charge in [0.25, 0.3) is 5.56 Å². The van der Waals surface area contributed by atoms with Gasteiger partial charge in [0, 0.05) is 10.6 Å². The number of rotatable bonds is 3. The number of fused-ring (bicyclic) bond motifs is 4. The minimum atomic E-state index is -0.309. The first-order chi connectivity index (χ1) is 15.6. The number of hydrogen-bond donors (Lipinski definition) is 0. The maximum absolute atomic E-state index is 13.1. The lowest BCUT2D eigenvalue weighted by Crippen LogP contribution is -2.21. The Morgan fingerprint density at radius 2 is 1.78 bits per heavy atom. The lowest BCUT2D eigenvalue weighted by atomic mass is 10.1. The molecule has 0 saturated heterocycles. The van der Waals surface area contributed by atoms with Crippen LogP contribution >= 0.6 is 11.6 Å². The van der Waals surface area contributed by atoms with Crippen molar-refractivity contribution in [2.75, 3.05) is 0 Å². The molecule has 0 unspecified atom stereocenters. The van der Waals surface area contributed by atoms with E-state index in [1.54, 1.807) is 35.0 Å². The standard InChI is InChI=1S/C24H14ClN5O2/c25-16-7-8-19-17(11-16)24(32)30-21-9-6-14(10-18(21)22(31)23(30)26-19)12-29-13-20(27-28-29)15-4-2-1-3-5-15/h1-11,13H,12H2. The molecule has 3 heterocycles. The van der Waals surface area contributed by atoms with Gasteiger partial charge in [-0.1, -0.05) is 53.2 Å². The van der Waals surface area contributed by atoms with E-state index in [2.05, 4.69) is 15.3 Å². The van der Waals surface area contributed by atoms with Crippen LogP contribution in [-0.4, -0.2) is 30.3 Å². The highest BCUT2D eigenvalue weighted by Gasteiger charge is 2.30. The highest BCUT2D eigenvalue weighted by atomic mass is 35.5. The lowest BCUT2D eigenvalue weighted by Gasteiger charge is -2.07. The SMILES string of the molecule is O=C1c2cc(Cn3cc(-c4ccccc4)nn3)ccc2-n2c1nc1ccc(Cl)cc1c2=O. The van der Waals surface area contributed by atoms with Crippen molar-refractivity contribution < 1.29 is 4.79 Å². The highest BCUT2D eigenvalue weighted by molar-refractivity contribution is 6.31. The molecule has 0 spiro atoms. The Balaban J connectivity index is 1.38. The van der Waals surface area contributed by atoms with Crippen LogP contribution in [-0.2, 0) is 6.54 Å². The van der Waals surface area contributed by atoms with E-state index in [9.17, 15) is 9.59 Å². The number of hydrogen-bond acceptors (Lipinski definition) is 5. The van der Waals surface area contributed by atoms with E-state index in [4.69, 9.17) is 11.6 Å². The predicted octanol–water partition coefficient (Wildman–Crippen LogP) is 3.89. The van der Waals surface area contributed by atoms with Gasteiger partial charge in [0.15, 0.2) is 5.82 Å². The van der Waals surface area contributed by atoms with Crippen molar-refractivity contribution in [3.63, 3.8) is 0 Å². The summed E-state index contributed by atoms with van der Waals surface area (Å²) in [4.78, 5) is 30.6. The first-order valence-corrected chi connectivity index (χ1v) is 10.3. The third kappa shape index (κ3) is 2.86. The molecule has 0 aliphatic carbocycles. The summed E-state index contributed by atoms with van der Waals surface area (Å²) in [6.07, 6.45) is 1.86. The van der Waals surface area contributed by atoms with E-state index in [0.29, 0.717) is 33.7 Å². The van der Waals surface area contributed by atoms with Crippen LogP contribution in [0.4, 0.5) is 0 Å². The molecule has 154 valence electrons. The highest BCUT2D eigenvalue weighted by Crippen LogP contribution is 2.28. The fourth-order valence-electron chi connectivity index (χ4n) is 4.02. The molecule has 0 N–H and O–H groups in total. The molecule has 32 heavy (non-hydrogen) atoms. The van der Waals surface area contributed by atoms with E-state index in [-0.39, 0.29) is 17.2 Å². The van der Waals surface area contributed by atoms with Gasteiger partial charge in [-0.25, -0.2) is 9.67 Å². The van der Waals surface area contributed by atoms with Crippen molar-refractivity contribution in [1.29, 1.82) is 0 Å². The fraction of sp³-hybridized carbons (Fsp3) is 0.0417. The van der Waals surface area contributed by atoms with E-state index in [0.717, 1.165) is 16.8 Å². The summed E-state index contributed by atoms with van der Waals surface area (Å²) in [6.45, 7) is 0.441. The summed E-state index contributed by atoms with van der Waals surface area (Å²) >= 11 is 6.05. The van der Waals surface area contributed by atoms with Gasteiger partial charge in [-0.3, -0.25) is 14.2 Å². The minimum absolute atomic E-state index is 0.115. The second-order valence-electron chi connectivity index (χ2n) is 7.59. The van der Waals surface area contributed by atoms with Crippen LogP contribution in [0.5, 0.6) is 0 Å². The van der Waals surface area contributed by atoms with Gasteiger partial charge in [0.05, 0.1) is 34.9 Å². The zero-order valence-corrected chi connectivity index (χ0v) is 17.3. The molecule has 8 heteroatoms. The largest absolute Gasteiger partial charge is 0.285 e.